The van der Waals surface area contributed by atoms with Crippen molar-refractivity contribution < 1.29 is 5.11 Å². The van der Waals surface area contributed by atoms with Crippen LogP contribution in [0.4, 0.5) is 0 Å². The molecule has 0 spiro atoms. The van der Waals surface area contributed by atoms with Gasteiger partial charge in [-0.1, -0.05) is 29.8 Å². The maximum absolute atomic E-state index is 8.90. The molecule has 3 heteroatoms. The molecule has 78 valence electrons. The first-order chi connectivity index (χ1) is 6.65. The fourth-order valence-electron chi connectivity index (χ4n) is 1.40. The van der Waals surface area contributed by atoms with Crippen molar-refractivity contribution >= 4 is 11.6 Å². The Morgan fingerprint density at radius 3 is 2.57 bits per heavy atom. The Bertz CT molecular complexity index is 290. The fourth-order valence-corrected chi connectivity index (χ4v) is 1.69. The van der Waals surface area contributed by atoms with Gasteiger partial charge in [-0.15, -0.1) is 0 Å². The molecule has 1 aromatic carbocycles. The molecule has 0 fully saturated rings. The van der Waals surface area contributed by atoms with Crippen molar-refractivity contribution in [1.82, 2.24) is 5.32 Å². The van der Waals surface area contributed by atoms with Gasteiger partial charge < -0.3 is 10.4 Å². The van der Waals surface area contributed by atoms with Crippen LogP contribution in [0.25, 0.3) is 0 Å². The van der Waals surface area contributed by atoms with E-state index in [4.69, 9.17) is 16.7 Å². The van der Waals surface area contributed by atoms with Crippen LogP contribution < -0.4 is 5.32 Å². The molecule has 1 aromatic rings. The van der Waals surface area contributed by atoms with Crippen LogP contribution in [0.3, 0.4) is 0 Å². The highest BCUT2D eigenvalue weighted by atomic mass is 35.5. The van der Waals surface area contributed by atoms with E-state index in [0.717, 1.165) is 10.6 Å². The summed E-state index contributed by atoms with van der Waals surface area (Å²) in [7, 11) is 0. The van der Waals surface area contributed by atoms with Crippen LogP contribution in [0.5, 0.6) is 0 Å². The van der Waals surface area contributed by atoms with E-state index in [1.54, 1.807) is 0 Å². The van der Waals surface area contributed by atoms with Crippen molar-refractivity contribution in [1.29, 1.82) is 0 Å². The monoisotopic (exact) mass is 213 g/mol. The van der Waals surface area contributed by atoms with Gasteiger partial charge >= 0.3 is 0 Å². The summed E-state index contributed by atoms with van der Waals surface area (Å²) in [4.78, 5) is 0. The molecule has 2 N–H and O–H groups in total. The lowest BCUT2D eigenvalue weighted by molar-refractivity contribution is 0.243. The van der Waals surface area contributed by atoms with Crippen LogP contribution in [-0.2, 0) is 0 Å². The molecule has 0 saturated carbocycles. The lowest BCUT2D eigenvalue weighted by atomic mass is 10.1. The normalized spacial score (nSPS) is 15.1. The molecule has 2 unspecified atom stereocenters. The predicted octanol–water partition coefficient (Wildman–Crippen LogP) is 2.37. The predicted molar refractivity (Wildman–Crippen MR) is 59.6 cm³/mol. The Balaban J connectivity index is 2.69. The Kier molecular flexibility index (Phi) is 4.39. The van der Waals surface area contributed by atoms with E-state index in [-0.39, 0.29) is 18.7 Å². The average molecular weight is 214 g/mol. The summed E-state index contributed by atoms with van der Waals surface area (Å²) < 4.78 is 0. The topological polar surface area (TPSA) is 32.3 Å². The van der Waals surface area contributed by atoms with Gasteiger partial charge in [-0.05, 0) is 25.5 Å². The lowest BCUT2D eigenvalue weighted by Gasteiger charge is -2.19. The SMILES string of the molecule is CC(CO)NC(C)c1ccccc1Cl. The zero-order valence-corrected chi connectivity index (χ0v) is 9.25. The van der Waals surface area contributed by atoms with Crippen LogP contribution in [0.1, 0.15) is 25.5 Å². The van der Waals surface area contributed by atoms with Crippen LogP contribution in [0.15, 0.2) is 24.3 Å². The second-order valence-corrected chi connectivity index (χ2v) is 3.90. The number of halogens is 1. The summed E-state index contributed by atoms with van der Waals surface area (Å²) in [6, 6.07) is 7.98. The minimum atomic E-state index is 0.0845. The van der Waals surface area contributed by atoms with E-state index in [9.17, 15) is 0 Å². The minimum absolute atomic E-state index is 0.0845. The highest BCUT2D eigenvalue weighted by Gasteiger charge is 2.10. The second kappa shape index (κ2) is 5.35. The maximum Gasteiger partial charge on any atom is 0.0582 e. The molecule has 0 aromatic heterocycles. The zero-order chi connectivity index (χ0) is 10.6. The van der Waals surface area contributed by atoms with Crippen molar-refractivity contribution in [2.75, 3.05) is 6.61 Å². The third kappa shape index (κ3) is 2.98. The highest BCUT2D eigenvalue weighted by molar-refractivity contribution is 6.31. The molecule has 0 saturated heterocycles. The van der Waals surface area contributed by atoms with Gasteiger partial charge in [0.25, 0.3) is 0 Å². The summed E-state index contributed by atoms with van der Waals surface area (Å²) in [5, 5.41) is 12.9. The van der Waals surface area contributed by atoms with E-state index in [1.165, 1.54) is 0 Å². The van der Waals surface area contributed by atoms with Crippen molar-refractivity contribution in [3.05, 3.63) is 34.9 Å². The summed E-state index contributed by atoms with van der Waals surface area (Å²) in [6.07, 6.45) is 0. The Labute approximate surface area is 89.9 Å². The molecule has 2 nitrogen and oxygen atoms in total. The minimum Gasteiger partial charge on any atom is -0.395 e. The number of aliphatic hydroxyl groups is 1. The summed E-state index contributed by atoms with van der Waals surface area (Å²) in [6.45, 7) is 4.11. The number of aliphatic hydroxyl groups excluding tert-OH is 1. The van der Waals surface area contributed by atoms with Crippen molar-refractivity contribution in [3.63, 3.8) is 0 Å². The molecule has 0 bridgehead atoms. The molecule has 0 aliphatic carbocycles. The summed E-state index contributed by atoms with van der Waals surface area (Å²) in [5.41, 5.74) is 1.06. The molecule has 0 aliphatic rings. The van der Waals surface area contributed by atoms with E-state index >= 15 is 0 Å². The summed E-state index contributed by atoms with van der Waals surface area (Å²) in [5.74, 6) is 0. The molecule has 0 amide bonds. The Morgan fingerprint density at radius 1 is 1.36 bits per heavy atom. The smallest absolute Gasteiger partial charge is 0.0582 e. The molecule has 0 heterocycles. The van der Waals surface area contributed by atoms with E-state index in [2.05, 4.69) is 5.32 Å². The van der Waals surface area contributed by atoms with Gasteiger partial charge in [-0.25, -0.2) is 0 Å². The maximum atomic E-state index is 8.90. The number of benzene rings is 1. The zero-order valence-electron chi connectivity index (χ0n) is 8.50. The number of hydrogen-bond acceptors (Lipinski definition) is 2. The van der Waals surface area contributed by atoms with Crippen LogP contribution in [0, 0.1) is 0 Å². The molecule has 0 aliphatic heterocycles. The molecule has 2 atom stereocenters. The molecular weight excluding hydrogens is 198 g/mol. The van der Waals surface area contributed by atoms with Gasteiger partial charge in [0.15, 0.2) is 0 Å². The van der Waals surface area contributed by atoms with E-state index in [1.807, 2.05) is 38.1 Å². The van der Waals surface area contributed by atoms with Crippen molar-refractivity contribution in [3.8, 4) is 0 Å². The first-order valence-corrected chi connectivity index (χ1v) is 5.14. The molecule has 14 heavy (non-hydrogen) atoms. The van der Waals surface area contributed by atoms with Crippen LogP contribution >= 0.6 is 11.6 Å². The van der Waals surface area contributed by atoms with Crippen molar-refractivity contribution in [2.24, 2.45) is 0 Å². The number of hydrogen-bond donors (Lipinski definition) is 2. The van der Waals surface area contributed by atoms with Crippen LogP contribution in [0.2, 0.25) is 5.02 Å². The standard InChI is InChI=1S/C11H16ClNO/c1-8(7-14)13-9(2)10-5-3-4-6-11(10)12/h3-6,8-9,13-14H,7H2,1-2H3. The Morgan fingerprint density at radius 2 is 2.00 bits per heavy atom. The first-order valence-electron chi connectivity index (χ1n) is 4.76. The molecule has 0 radical (unpaired) electrons. The third-order valence-corrected chi connectivity index (χ3v) is 2.52. The van der Waals surface area contributed by atoms with Gasteiger partial charge in [-0.2, -0.15) is 0 Å². The lowest BCUT2D eigenvalue weighted by Crippen LogP contribution is -2.31. The number of nitrogens with one attached hydrogen (secondary N) is 1. The van der Waals surface area contributed by atoms with E-state index in [0.29, 0.717) is 0 Å². The van der Waals surface area contributed by atoms with Gasteiger partial charge in [0.2, 0.25) is 0 Å². The van der Waals surface area contributed by atoms with E-state index < -0.39 is 0 Å². The highest BCUT2D eigenvalue weighted by Crippen LogP contribution is 2.22. The number of rotatable bonds is 4. The Hall–Kier alpha value is -0.570. The quantitative estimate of drug-likeness (QED) is 0.805. The fraction of sp³-hybridized carbons (Fsp3) is 0.455. The first kappa shape index (κ1) is 11.5. The van der Waals surface area contributed by atoms with Crippen molar-refractivity contribution in [2.45, 2.75) is 25.9 Å². The van der Waals surface area contributed by atoms with Gasteiger partial charge in [0.1, 0.15) is 0 Å². The van der Waals surface area contributed by atoms with Gasteiger partial charge in [-0.3, -0.25) is 0 Å². The second-order valence-electron chi connectivity index (χ2n) is 3.49. The molecule has 1 rings (SSSR count). The largest absolute Gasteiger partial charge is 0.395 e. The average Bonchev–Trinajstić information content (AvgIpc) is 2.18. The third-order valence-electron chi connectivity index (χ3n) is 2.18. The van der Waals surface area contributed by atoms with Crippen LogP contribution in [-0.4, -0.2) is 17.8 Å². The van der Waals surface area contributed by atoms with Gasteiger partial charge in [0, 0.05) is 17.1 Å². The summed E-state index contributed by atoms with van der Waals surface area (Å²) >= 11 is 6.04. The van der Waals surface area contributed by atoms with Gasteiger partial charge in [0.05, 0.1) is 6.61 Å². The molecular formula is C11H16ClNO.